The minimum absolute atomic E-state index is 0.222. The largest absolute Gasteiger partial charge is 0.393 e. The number of rotatable bonds is 6. The SMILES string of the molecule is CC(O)CC(C)(C)CNC(=O)NC(C)c1ccc(F)cc1F. The number of carbonyl (C=O) groups excluding carboxylic acids is 1. The van der Waals surface area contributed by atoms with Gasteiger partial charge in [0.25, 0.3) is 0 Å². The van der Waals surface area contributed by atoms with Crippen molar-refractivity contribution in [1.82, 2.24) is 10.6 Å². The molecule has 0 saturated heterocycles. The summed E-state index contributed by atoms with van der Waals surface area (Å²) in [5.41, 5.74) is -0.0321. The number of benzene rings is 1. The molecule has 1 rings (SSSR count). The van der Waals surface area contributed by atoms with Crippen LogP contribution in [0.15, 0.2) is 18.2 Å². The van der Waals surface area contributed by atoms with E-state index in [-0.39, 0.29) is 11.0 Å². The highest BCUT2D eigenvalue weighted by atomic mass is 19.1. The van der Waals surface area contributed by atoms with Crippen LogP contribution in [0.2, 0.25) is 0 Å². The van der Waals surface area contributed by atoms with Crippen LogP contribution in [0.25, 0.3) is 0 Å². The smallest absolute Gasteiger partial charge is 0.315 e. The van der Waals surface area contributed by atoms with Crippen molar-refractivity contribution in [2.45, 2.75) is 46.3 Å². The number of aliphatic hydroxyl groups is 1. The molecular formula is C16H24F2N2O2. The van der Waals surface area contributed by atoms with Crippen LogP contribution >= 0.6 is 0 Å². The zero-order valence-electron chi connectivity index (χ0n) is 13.4. The van der Waals surface area contributed by atoms with Crippen LogP contribution in [-0.2, 0) is 0 Å². The molecule has 6 heteroatoms. The maximum atomic E-state index is 13.6. The van der Waals surface area contributed by atoms with Gasteiger partial charge in [0, 0.05) is 18.2 Å². The number of carbonyl (C=O) groups is 1. The average Bonchev–Trinajstić information content (AvgIpc) is 2.34. The van der Waals surface area contributed by atoms with Crippen molar-refractivity contribution in [3.63, 3.8) is 0 Å². The lowest BCUT2D eigenvalue weighted by Gasteiger charge is -2.27. The number of urea groups is 1. The summed E-state index contributed by atoms with van der Waals surface area (Å²) in [5.74, 6) is -1.35. The van der Waals surface area contributed by atoms with Crippen LogP contribution in [-0.4, -0.2) is 23.8 Å². The summed E-state index contributed by atoms with van der Waals surface area (Å²) >= 11 is 0. The molecule has 0 spiro atoms. The molecule has 2 unspecified atom stereocenters. The summed E-state index contributed by atoms with van der Waals surface area (Å²) in [6.07, 6.45) is 0.0993. The molecule has 2 atom stereocenters. The van der Waals surface area contributed by atoms with Crippen LogP contribution in [0.4, 0.5) is 13.6 Å². The minimum atomic E-state index is -0.692. The summed E-state index contributed by atoms with van der Waals surface area (Å²) < 4.78 is 26.5. The number of hydrogen-bond acceptors (Lipinski definition) is 2. The topological polar surface area (TPSA) is 61.4 Å². The van der Waals surface area contributed by atoms with Crippen LogP contribution < -0.4 is 10.6 Å². The van der Waals surface area contributed by atoms with Gasteiger partial charge in [-0.25, -0.2) is 13.6 Å². The van der Waals surface area contributed by atoms with Crippen molar-refractivity contribution in [2.24, 2.45) is 5.41 Å². The normalized spacial score (nSPS) is 14.3. The van der Waals surface area contributed by atoms with E-state index < -0.39 is 29.8 Å². The first-order chi connectivity index (χ1) is 10.1. The molecule has 0 heterocycles. The Bertz CT molecular complexity index is 519. The molecule has 3 N–H and O–H groups in total. The van der Waals surface area contributed by atoms with Gasteiger partial charge in [0.2, 0.25) is 0 Å². The van der Waals surface area contributed by atoms with Crippen molar-refractivity contribution in [2.75, 3.05) is 6.54 Å². The molecule has 1 aromatic rings. The van der Waals surface area contributed by atoms with E-state index in [1.165, 1.54) is 6.07 Å². The Balaban J connectivity index is 2.54. The van der Waals surface area contributed by atoms with Crippen molar-refractivity contribution in [1.29, 1.82) is 0 Å². The maximum Gasteiger partial charge on any atom is 0.315 e. The Morgan fingerprint density at radius 2 is 1.95 bits per heavy atom. The van der Waals surface area contributed by atoms with E-state index in [1.54, 1.807) is 13.8 Å². The van der Waals surface area contributed by atoms with E-state index in [1.807, 2.05) is 13.8 Å². The summed E-state index contributed by atoms with van der Waals surface area (Å²) in [6.45, 7) is 7.56. The molecule has 0 fully saturated rings. The molecule has 0 bridgehead atoms. The fourth-order valence-electron chi connectivity index (χ4n) is 2.37. The molecule has 2 amide bonds. The predicted octanol–water partition coefficient (Wildman–Crippen LogP) is 3.12. The van der Waals surface area contributed by atoms with Crippen molar-refractivity contribution in [3.8, 4) is 0 Å². The Kier molecular flexibility index (Phi) is 6.29. The molecule has 0 aliphatic heterocycles. The second kappa shape index (κ2) is 7.54. The van der Waals surface area contributed by atoms with Gasteiger partial charge in [-0.3, -0.25) is 0 Å². The molecule has 0 aliphatic carbocycles. The lowest BCUT2D eigenvalue weighted by atomic mass is 9.87. The lowest BCUT2D eigenvalue weighted by molar-refractivity contribution is 0.128. The van der Waals surface area contributed by atoms with Gasteiger partial charge in [0.1, 0.15) is 11.6 Å². The molecule has 124 valence electrons. The summed E-state index contributed by atoms with van der Waals surface area (Å²) in [5, 5.41) is 14.7. The zero-order chi connectivity index (χ0) is 16.9. The minimum Gasteiger partial charge on any atom is -0.393 e. The molecule has 1 aromatic carbocycles. The third-order valence-corrected chi connectivity index (χ3v) is 3.35. The maximum absolute atomic E-state index is 13.6. The summed E-state index contributed by atoms with van der Waals surface area (Å²) in [7, 11) is 0. The first kappa shape index (κ1) is 18.4. The van der Waals surface area contributed by atoms with Gasteiger partial charge in [-0.2, -0.15) is 0 Å². The van der Waals surface area contributed by atoms with Gasteiger partial charge in [-0.15, -0.1) is 0 Å². The van der Waals surface area contributed by atoms with Crippen LogP contribution in [0.3, 0.4) is 0 Å². The monoisotopic (exact) mass is 314 g/mol. The number of amides is 2. The van der Waals surface area contributed by atoms with Crippen molar-refractivity contribution in [3.05, 3.63) is 35.4 Å². The second-order valence-electron chi connectivity index (χ2n) is 6.43. The van der Waals surface area contributed by atoms with Gasteiger partial charge in [0.05, 0.1) is 12.1 Å². The number of nitrogens with one attached hydrogen (secondary N) is 2. The fraction of sp³-hybridized carbons (Fsp3) is 0.562. The molecular weight excluding hydrogens is 290 g/mol. The Hall–Kier alpha value is -1.69. The zero-order valence-corrected chi connectivity index (χ0v) is 13.4. The van der Waals surface area contributed by atoms with E-state index in [9.17, 15) is 18.7 Å². The van der Waals surface area contributed by atoms with E-state index in [4.69, 9.17) is 0 Å². The van der Waals surface area contributed by atoms with Crippen LogP contribution in [0.5, 0.6) is 0 Å². The standard InChI is InChI=1S/C16H24F2N2O2/c1-10(21)8-16(3,4)9-19-15(22)20-11(2)13-6-5-12(17)7-14(13)18/h5-7,10-11,21H,8-9H2,1-4H3,(H2,19,20,22). The average molecular weight is 314 g/mol. The third-order valence-electron chi connectivity index (χ3n) is 3.35. The van der Waals surface area contributed by atoms with E-state index in [0.29, 0.717) is 13.0 Å². The van der Waals surface area contributed by atoms with Gasteiger partial charge in [-0.1, -0.05) is 19.9 Å². The lowest BCUT2D eigenvalue weighted by Crippen LogP contribution is -2.42. The highest BCUT2D eigenvalue weighted by Gasteiger charge is 2.22. The van der Waals surface area contributed by atoms with Gasteiger partial charge in [0.15, 0.2) is 0 Å². The fourth-order valence-corrected chi connectivity index (χ4v) is 2.37. The first-order valence-corrected chi connectivity index (χ1v) is 7.28. The molecule has 4 nitrogen and oxygen atoms in total. The van der Waals surface area contributed by atoms with Gasteiger partial charge < -0.3 is 15.7 Å². The van der Waals surface area contributed by atoms with E-state index in [2.05, 4.69) is 10.6 Å². The summed E-state index contributed by atoms with van der Waals surface area (Å²) in [4.78, 5) is 11.9. The number of aliphatic hydroxyl groups excluding tert-OH is 1. The van der Waals surface area contributed by atoms with Crippen molar-refractivity contribution < 1.29 is 18.7 Å². The Labute approximate surface area is 129 Å². The Morgan fingerprint density at radius 3 is 2.50 bits per heavy atom. The highest BCUT2D eigenvalue weighted by molar-refractivity contribution is 5.74. The van der Waals surface area contributed by atoms with Gasteiger partial charge >= 0.3 is 6.03 Å². The van der Waals surface area contributed by atoms with E-state index in [0.717, 1.165) is 12.1 Å². The summed E-state index contributed by atoms with van der Waals surface area (Å²) in [6, 6.07) is 2.24. The third kappa shape index (κ3) is 5.97. The molecule has 0 saturated carbocycles. The number of halogens is 2. The molecule has 0 aromatic heterocycles. The number of hydrogen-bond donors (Lipinski definition) is 3. The first-order valence-electron chi connectivity index (χ1n) is 7.28. The van der Waals surface area contributed by atoms with Crippen LogP contribution in [0.1, 0.15) is 45.7 Å². The van der Waals surface area contributed by atoms with Gasteiger partial charge in [-0.05, 0) is 31.7 Å². The highest BCUT2D eigenvalue weighted by Crippen LogP contribution is 2.21. The molecule has 0 radical (unpaired) electrons. The Morgan fingerprint density at radius 1 is 1.32 bits per heavy atom. The quantitative estimate of drug-likeness (QED) is 0.755. The molecule has 22 heavy (non-hydrogen) atoms. The second-order valence-corrected chi connectivity index (χ2v) is 6.43. The van der Waals surface area contributed by atoms with Crippen LogP contribution in [0, 0.1) is 17.0 Å². The van der Waals surface area contributed by atoms with Crippen molar-refractivity contribution >= 4 is 6.03 Å². The van der Waals surface area contributed by atoms with E-state index >= 15 is 0 Å². The predicted molar refractivity (Wildman–Crippen MR) is 81.4 cm³/mol. The molecule has 0 aliphatic rings.